The van der Waals surface area contributed by atoms with Crippen LogP contribution in [0.5, 0.6) is 0 Å². The second kappa shape index (κ2) is 5.65. The molecule has 11 heteroatoms. The van der Waals surface area contributed by atoms with Crippen molar-refractivity contribution < 1.29 is 40.7 Å². The van der Waals surface area contributed by atoms with Gasteiger partial charge >= 0.3 is 24.1 Å². The molecule has 0 aromatic heterocycles. The lowest BCUT2D eigenvalue weighted by atomic mass is 10.1. The number of hydrogen-bond donors (Lipinski definition) is 1. The standard InChI is InChI=1S/C13H10F6N2O3/c1-2-24-11(13(17,18)19)9(22)21(10(23)20-11)8-5-3-4-7(6-8)12(14,15)16/h3-6H,2H2,1H3,(H,20,23)/t11-/m0/s1. The molecule has 1 aromatic rings. The predicted molar refractivity (Wildman–Crippen MR) is 67.9 cm³/mol. The first-order valence-corrected chi connectivity index (χ1v) is 6.48. The number of anilines is 1. The Bertz CT molecular complexity index is 672. The van der Waals surface area contributed by atoms with Crippen LogP contribution < -0.4 is 10.2 Å². The average molecular weight is 356 g/mol. The molecule has 0 unspecified atom stereocenters. The predicted octanol–water partition coefficient (Wildman–Crippen LogP) is 3.06. The third-order valence-electron chi connectivity index (χ3n) is 3.18. The van der Waals surface area contributed by atoms with E-state index >= 15 is 0 Å². The van der Waals surface area contributed by atoms with Crippen molar-refractivity contribution in [2.45, 2.75) is 25.0 Å². The second-order valence-corrected chi connectivity index (χ2v) is 4.73. The van der Waals surface area contributed by atoms with Crippen LogP contribution in [0.3, 0.4) is 0 Å². The number of hydrogen-bond acceptors (Lipinski definition) is 3. The van der Waals surface area contributed by atoms with Gasteiger partial charge in [-0.25, -0.2) is 9.69 Å². The van der Waals surface area contributed by atoms with Gasteiger partial charge in [-0.15, -0.1) is 0 Å². The van der Waals surface area contributed by atoms with Gasteiger partial charge in [-0.1, -0.05) is 6.07 Å². The van der Waals surface area contributed by atoms with E-state index in [0.29, 0.717) is 12.1 Å². The third-order valence-corrected chi connectivity index (χ3v) is 3.18. The number of alkyl halides is 6. The molecule has 1 aromatic carbocycles. The fraction of sp³-hybridized carbons (Fsp3) is 0.385. The number of carbonyl (C=O) groups excluding carboxylic acids is 2. The van der Waals surface area contributed by atoms with Gasteiger partial charge in [0.2, 0.25) is 0 Å². The Labute approximate surface area is 131 Å². The smallest absolute Gasteiger partial charge is 0.340 e. The molecule has 0 aliphatic carbocycles. The molecule has 24 heavy (non-hydrogen) atoms. The number of imide groups is 1. The number of nitrogens with one attached hydrogen (secondary N) is 1. The summed E-state index contributed by atoms with van der Waals surface area (Å²) >= 11 is 0. The zero-order valence-corrected chi connectivity index (χ0v) is 12.0. The van der Waals surface area contributed by atoms with Crippen LogP contribution in [0.15, 0.2) is 24.3 Å². The average Bonchev–Trinajstić information content (AvgIpc) is 2.70. The topological polar surface area (TPSA) is 58.6 Å². The molecule has 1 aliphatic rings. The number of benzene rings is 1. The van der Waals surface area contributed by atoms with Crippen LogP contribution in [0.4, 0.5) is 36.8 Å². The van der Waals surface area contributed by atoms with Crippen molar-refractivity contribution in [3.63, 3.8) is 0 Å². The van der Waals surface area contributed by atoms with Crippen molar-refractivity contribution in [1.82, 2.24) is 5.32 Å². The zero-order chi connectivity index (χ0) is 18.3. The highest BCUT2D eigenvalue weighted by Gasteiger charge is 2.69. The van der Waals surface area contributed by atoms with Gasteiger partial charge in [0.05, 0.1) is 11.3 Å². The van der Waals surface area contributed by atoms with Gasteiger partial charge in [0.1, 0.15) is 0 Å². The van der Waals surface area contributed by atoms with E-state index < -0.39 is 47.9 Å². The quantitative estimate of drug-likeness (QED) is 0.669. The summed E-state index contributed by atoms with van der Waals surface area (Å²) in [5, 5.41) is 1.37. The number of halogens is 6. The Morgan fingerprint density at radius 3 is 2.29 bits per heavy atom. The van der Waals surface area contributed by atoms with Crippen LogP contribution >= 0.6 is 0 Å². The molecule has 3 amide bonds. The highest BCUT2D eigenvalue weighted by molar-refractivity contribution is 6.23. The maximum absolute atomic E-state index is 13.2. The van der Waals surface area contributed by atoms with E-state index in [-0.39, 0.29) is 4.90 Å². The molecule has 1 fully saturated rings. The van der Waals surface area contributed by atoms with Crippen LogP contribution in [-0.2, 0) is 15.7 Å². The van der Waals surface area contributed by atoms with Crippen molar-refractivity contribution in [3.05, 3.63) is 29.8 Å². The Kier molecular flexibility index (Phi) is 4.25. The molecule has 0 bridgehead atoms. The molecular weight excluding hydrogens is 346 g/mol. The Hall–Kier alpha value is -2.30. The van der Waals surface area contributed by atoms with Crippen molar-refractivity contribution >= 4 is 17.6 Å². The molecule has 132 valence electrons. The minimum absolute atomic E-state index is 0.0294. The van der Waals surface area contributed by atoms with E-state index in [2.05, 4.69) is 4.74 Å². The summed E-state index contributed by atoms with van der Waals surface area (Å²) in [6.45, 7) is 0.599. The third kappa shape index (κ3) is 2.79. The highest BCUT2D eigenvalue weighted by atomic mass is 19.4. The fourth-order valence-corrected chi connectivity index (χ4v) is 2.15. The molecule has 1 aliphatic heterocycles. The number of carbonyl (C=O) groups is 2. The van der Waals surface area contributed by atoms with Crippen LogP contribution in [0.1, 0.15) is 12.5 Å². The fourth-order valence-electron chi connectivity index (χ4n) is 2.15. The number of amides is 3. The molecule has 0 radical (unpaired) electrons. The van der Waals surface area contributed by atoms with E-state index in [1.54, 1.807) is 0 Å². The van der Waals surface area contributed by atoms with Crippen LogP contribution in [0.25, 0.3) is 0 Å². The first kappa shape index (κ1) is 18.0. The summed E-state index contributed by atoms with van der Waals surface area (Å²) in [5.41, 5.74) is -5.51. The Morgan fingerprint density at radius 2 is 1.79 bits per heavy atom. The largest absolute Gasteiger partial charge is 0.446 e. The monoisotopic (exact) mass is 356 g/mol. The summed E-state index contributed by atoms with van der Waals surface area (Å²) in [6, 6.07) is 1.29. The summed E-state index contributed by atoms with van der Waals surface area (Å²) in [6.07, 6.45) is -10.1. The molecule has 1 saturated heterocycles. The number of rotatable bonds is 3. The number of urea groups is 1. The molecule has 1 N–H and O–H groups in total. The molecule has 1 heterocycles. The van der Waals surface area contributed by atoms with E-state index in [0.717, 1.165) is 12.1 Å². The number of nitrogens with zero attached hydrogens (tertiary/aromatic N) is 1. The lowest BCUT2D eigenvalue weighted by molar-refractivity contribution is -0.267. The van der Waals surface area contributed by atoms with E-state index in [1.165, 1.54) is 12.2 Å². The van der Waals surface area contributed by atoms with Gasteiger partial charge in [0.15, 0.2) is 0 Å². The molecule has 5 nitrogen and oxygen atoms in total. The summed E-state index contributed by atoms with van der Waals surface area (Å²) in [4.78, 5) is 23.9. The molecular formula is C13H10F6N2O3. The van der Waals surface area contributed by atoms with Crippen molar-refractivity contribution in [3.8, 4) is 0 Å². The summed E-state index contributed by atoms with van der Waals surface area (Å²) in [5.74, 6) is -1.86. The zero-order valence-electron chi connectivity index (χ0n) is 12.0. The normalized spacial score (nSPS) is 22.0. The maximum Gasteiger partial charge on any atom is 0.446 e. The molecule has 2 rings (SSSR count). The van der Waals surface area contributed by atoms with Crippen molar-refractivity contribution in [2.75, 3.05) is 11.5 Å². The van der Waals surface area contributed by atoms with Gasteiger partial charge in [-0.05, 0) is 25.1 Å². The van der Waals surface area contributed by atoms with Crippen LogP contribution in [-0.4, -0.2) is 30.4 Å². The van der Waals surface area contributed by atoms with Crippen molar-refractivity contribution in [1.29, 1.82) is 0 Å². The van der Waals surface area contributed by atoms with Gasteiger partial charge in [0.25, 0.3) is 5.91 Å². The second-order valence-electron chi connectivity index (χ2n) is 4.73. The van der Waals surface area contributed by atoms with Crippen molar-refractivity contribution in [2.24, 2.45) is 0 Å². The van der Waals surface area contributed by atoms with E-state index in [1.807, 2.05) is 0 Å². The lowest BCUT2D eigenvalue weighted by Crippen LogP contribution is -2.60. The van der Waals surface area contributed by atoms with Gasteiger partial charge in [-0.2, -0.15) is 26.3 Å². The minimum Gasteiger partial charge on any atom is -0.340 e. The van der Waals surface area contributed by atoms with Crippen LogP contribution in [0, 0.1) is 0 Å². The molecule has 0 spiro atoms. The summed E-state index contributed by atoms with van der Waals surface area (Å²) in [7, 11) is 0. The first-order chi connectivity index (χ1) is 10.9. The first-order valence-electron chi connectivity index (χ1n) is 6.48. The molecule has 0 saturated carbocycles. The van der Waals surface area contributed by atoms with Crippen LogP contribution in [0.2, 0.25) is 0 Å². The SMILES string of the molecule is CCO[C@@]1(C(F)(F)F)NC(=O)N(c2cccc(C(F)(F)F)c2)C1=O. The van der Waals surface area contributed by atoms with Gasteiger partial charge in [-0.3, -0.25) is 10.1 Å². The Balaban J connectivity index is 2.50. The molecule has 1 atom stereocenters. The lowest BCUT2D eigenvalue weighted by Gasteiger charge is -2.28. The maximum atomic E-state index is 13.2. The van der Waals surface area contributed by atoms with Gasteiger partial charge in [0, 0.05) is 6.61 Å². The van der Waals surface area contributed by atoms with Gasteiger partial charge < -0.3 is 4.74 Å². The van der Waals surface area contributed by atoms with E-state index in [4.69, 9.17) is 0 Å². The Morgan fingerprint density at radius 1 is 1.17 bits per heavy atom. The van der Waals surface area contributed by atoms with E-state index in [9.17, 15) is 35.9 Å². The highest BCUT2D eigenvalue weighted by Crippen LogP contribution is 2.39. The minimum atomic E-state index is -5.30. The number of ether oxygens (including phenoxy) is 1. The summed E-state index contributed by atoms with van der Waals surface area (Å²) < 4.78 is 82.2.